The predicted octanol–water partition coefficient (Wildman–Crippen LogP) is 4.33. The zero-order valence-corrected chi connectivity index (χ0v) is 12.3. The third kappa shape index (κ3) is 3.06. The summed E-state index contributed by atoms with van der Waals surface area (Å²) in [5.74, 6) is 0.0129. The van der Waals surface area contributed by atoms with Crippen molar-refractivity contribution in [1.29, 1.82) is 0 Å². The number of nitrogens with zero attached hydrogens (tertiary/aromatic N) is 1. The van der Waals surface area contributed by atoms with Crippen LogP contribution in [0, 0.1) is 0 Å². The summed E-state index contributed by atoms with van der Waals surface area (Å²) in [4.78, 5) is 15.8. The van der Waals surface area contributed by atoms with Gasteiger partial charge in [-0.1, -0.05) is 25.1 Å². The van der Waals surface area contributed by atoms with Crippen molar-refractivity contribution < 1.29 is 4.79 Å². The molecular weight excluding hydrogens is 274 g/mol. The first-order valence-corrected chi connectivity index (χ1v) is 7.27. The Balaban J connectivity index is 1.82. The second kappa shape index (κ2) is 6.26. The van der Waals surface area contributed by atoms with Crippen molar-refractivity contribution in [3.05, 3.63) is 60.8 Å². The third-order valence-electron chi connectivity index (χ3n) is 3.40. The molecule has 1 amide bonds. The molecule has 2 N–H and O–H groups in total. The lowest BCUT2D eigenvalue weighted by molar-refractivity contribution is -0.115. The third-order valence-corrected chi connectivity index (χ3v) is 3.40. The Bertz CT molecular complexity index is 792. The summed E-state index contributed by atoms with van der Waals surface area (Å²) >= 11 is 0. The average Bonchev–Trinajstić information content (AvgIpc) is 2.57. The fourth-order valence-electron chi connectivity index (χ4n) is 2.25. The number of carbonyl (C=O) groups excluding carboxylic acids is 1. The van der Waals surface area contributed by atoms with E-state index in [0.717, 1.165) is 28.0 Å². The number of amides is 1. The number of para-hydroxylation sites is 1. The van der Waals surface area contributed by atoms with Gasteiger partial charge in [-0.3, -0.25) is 9.78 Å². The van der Waals surface area contributed by atoms with Gasteiger partial charge in [-0.15, -0.1) is 0 Å². The Morgan fingerprint density at radius 3 is 2.50 bits per heavy atom. The van der Waals surface area contributed by atoms with E-state index in [1.807, 2.05) is 61.5 Å². The quantitative estimate of drug-likeness (QED) is 0.752. The Kier molecular flexibility index (Phi) is 4.01. The summed E-state index contributed by atoms with van der Waals surface area (Å²) in [6.07, 6.45) is 2.26. The molecule has 0 aliphatic rings. The molecule has 0 radical (unpaired) electrons. The van der Waals surface area contributed by atoms with E-state index < -0.39 is 0 Å². The molecule has 0 aliphatic carbocycles. The highest BCUT2D eigenvalue weighted by molar-refractivity contribution is 5.93. The molecule has 0 fully saturated rings. The highest BCUT2D eigenvalue weighted by Gasteiger charge is 2.03. The molecule has 0 atom stereocenters. The topological polar surface area (TPSA) is 54.0 Å². The van der Waals surface area contributed by atoms with Crippen molar-refractivity contribution in [2.45, 2.75) is 13.3 Å². The van der Waals surface area contributed by atoms with E-state index in [4.69, 9.17) is 0 Å². The number of benzene rings is 2. The molecule has 1 heterocycles. The van der Waals surface area contributed by atoms with Crippen LogP contribution >= 0.6 is 0 Å². The van der Waals surface area contributed by atoms with Crippen LogP contribution in [-0.2, 0) is 4.79 Å². The van der Waals surface area contributed by atoms with Crippen LogP contribution in [-0.4, -0.2) is 10.9 Å². The van der Waals surface area contributed by atoms with Gasteiger partial charge in [-0.25, -0.2) is 0 Å². The van der Waals surface area contributed by atoms with Crippen molar-refractivity contribution in [3.8, 4) is 0 Å². The summed E-state index contributed by atoms with van der Waals surface area (Å²) < 4.78 is 0. The second-order valence-corrected chi connectivity index (χ2v) is 4.98. The minimum Gasteiger partial charge on any atom is -0.354 e. The smallest absolute Gasteiger partial charge is 0.224 e. The van der Waals surface area contributed by atoms with Crippen molar-refractivity contribution in [2.75, 3.05) is 10.6 Å². The summed E-state index contributed by atoms with van der Waals surface area (Å²) in [6, 6.07) is 17.7. The Morgan fingerprint density at radius 2 is 1.73 bits per heavy atom. The molecule has 0 bridgehead atoms. The van der Waals surface area contributed by atoms with Gasteiger partial charge in [0.25, 0.3) is 0 Å². The molecule has 2 aromatic carbocycles. The van der Waals surface area contributed by atoms with Crippen LogP contribution in [0.15, 0.2) is 60.8 Å². The van der Waals surface area contributed by atoms with Gasteiger partial charge < -0.3 is 10.6 Å². The normalized spacial score (nSPS) is 10.4. The number of carbonyl (C=O) groups is 1. The van der Waals surface area contributed by atoms with Crippen molar-refractivity contribution in [3.63, 3.8) is 0 Å². The molecule has 0 spiro atoms. The zero-order valence-electron chi connectivity index (χ0n) is 12.3. The van der Waals surface area contributed by atoms with Crippen LogP contribution in [0.1, 0.15) is 13.3 Å². The first kappa shape index (κ1) is 14.1. The van der Waals surface area contributed by atoms with Gasteiger partial charge in [0, 0.05) is 29.4 Å². The molecule has 3 aromatic rings. The number of aromatic nitrogens is 1. The van der Waals surface area contributed by atoms with Gasteiger partial charge in [-0.2, -0.15) is 0 Å². The molecule has 110 valence electrons. The van der Waals surface area contributed by atoms with Crippen LogP contribution in [0.3, 0.4) is 0 Å². The van der Waals surface area contributed by atoms with Gasteiger partial charge in [0.05, 0.1) is 11.2 Å². The standard InChI is InChI=1S/C18H17N3O/c1-2-17(22)21-15-10-8-14(9-11-15)20-16-7-3-5-13-6-4-12-19-18(13)16/h3-12,20H,2H2,1H3,(H,21,22). The van der Waals surface area contributed by atoms with Crippen molar-refractivity contribution >= 4 is 33.9 Å². The van der Waals surface area contributed by atoms with E-state index in [2.05, 4.69) is 15.6 Å². The first-order chi connectivity index (χ1) is 10.8. The number of nitrogens with one attached hydrogen (secondary N) is 2. The molecule has 0 saturated heterocycles. The molecule has 4 nitrogen and oxygen atoms in total. The largest absolute Gasteiger partial charge is 0.354 e. The summed E-state index contributed by atoms with van der Waals surface area (Å²) in [5, 5.41) is 7.30. The number of pyridine rings is 1. The molecule has 1 aromatic heterocycles. The molecule has 0 unspecified atom stereocenters. The predicted molar refractivity (Wildman–Crippen MR) is 90.4 cm³/mol. The van der Waals surface area contributed by atoms with Crippen LogP contribution in [0.25, 0.3) is 10.9 Å². The second-order valence-electron chi connectivity index (χ2n) is 4.98. The monoisotopic (exact) mass is 291 g/mol. The van der Waals surface area contributed by atoms with E-state index in [-0.39, 0.29) is 5.91 Å². The van der Waals surface area contributed by atoms with Gasteiger partial charge in [0.15, 0.2) is 0 Å². The Labute approximate surface area is 129 Å². The van der Waals surface area contributed by atoms with Crippen LogP contribution in [0.2, 0.25) is 0 Å². The van der Waals surface area contributed by atoms with Gasteiger partial charge in [0.1, 0.15) is 0 Å². The highest BCUT2D eigenvalue weighted by atomic mass is 16.1. The fraction of sp³-hybridized carbons (Fsp3) is 0.111. The van der Waals surface area contributed by atoms with E-state index in [1.54, 1.807) is 6.20 Å². The maximum absolute atomic E-state index is 11.4. The van der Waals surface area contributed by atoms with Crippen LogP contribution in [0.4, 0.5) is 17.1 Å². The van der Waals surface area contributed by atoms with E-state index in [0.29, 0.717) is 6.42 Å². The summed E-state index contributed by atoms with van der Waals surface area (Å²) in [7, 11) is 0. The van der Waals surface area contributed by atoms with E-state index in [1.165, 1.54) is 0 Å². The maximum atomic E-state index is 11.4. The van der Waals surface area contributed by atoms with Crippen molar-refractivity contribution in [2.24, 2.45) is 0 Å². The molecular formula is C18H17N3O. The fourth-order valence-corrected chi connectivity index (χ4v) is 2.25. The number of anilines is 3. The SMILES string of the molecule is CCC(=O)Nc1ccc(Nc2cccc3cccnc23)cc1. The zero-order chi connectivity index (χ0) is 15.4. The van der Waals surface area contributed by atoms with Crippen LogP contribution in [0.5, 0.6) is 0 Å². The molecule has 0 saturated carbocycles. The number of fused-ring (bicyclic) bond motifs is 1. The highest BCUT2D eigenvalue weighted by Crippen LogP contribution is 2.25. The lowest BCUT2D eigenvalue weighted by Gasteiger charge is -2.10. The first-order valence-electron chi connectivity index (χ1n) is 7.27. The summed E-state index contributed by atoms with van der Waals surface area (Å²) in [6.45, 7) is 1.83. The Hall–Kier alpha value is -2.88. The average molecular weight is 291 g/mol. The molecule has 4 heteroatoms. The number of rotatable bonds is 4. The lowest BCUT2D eigenvalue weighted by Crippen LogP contribution is -2.09. The minimum atomic E-state index is 0.0129. The van der Waals surface area contributed by atoms with Crippen LogP contribution < -0.4 is 10.6 Å². The van der Waals surface area contributed by atoms with E-state index >= 15 is 0 Å². The molecule has 0 aliphatic heterocycles. The molecule has 22 heavy (non-hydrogen) atoms. The lowest BCUT2D eigenvalue weighted by atomic mass is 10.2. The van der Waals surface area contributed by atoms with Crippen molar-refractivity contribution in [1.82, 2.24) is 4.98 Å². The Morgan fingerprint density at radius 1 is 1.00 bits per heavy atom. The number of hydrogen-bond donors (Lipinski definition) is 2. The summed E-state index contributed by atoms with van der Waals surface area (Å²) in [5.41, 5.74) is 3.65. The minimum absolute atomic E-state index is 0.0129. The number of hydrogen-bond acceptors (Lipinski definition) is 3. The van der Waals surface area contributed by atoms with Gasteiger partial charge in [-0.05, 0) is 36.4 Å². The van der Waals surface area contributed by atoms with E-state index in [9.17, 15) is 4.79 Å². The molecule has 3 rings (SSSR count). The van der Waals surface area contributed by atoms with Gasteiger partial charge in [0.2, 0.25) is 5.91 Å². The van der Waals surface area contributed by atoms with Gasteiger partial charge >= 0.3 is 0 Å². The maximum Gasteiger partial charge on any atom is 0.224 e.